The summed E-state index contributed by atoms with van der Waals surface area (Å²) in [4.78, 5) is 23.0. The average Bonchev–Trinajstić information content (AvgIpc) is 2.67. The number of hydrogen-bond donors (Lipinski definition) is 2. The molecule has 0 saturated heterocycles. The van der Waals surface area contributed by atoms with E-state index in [1.165, 1.54) is 13.0 Å². The Bertz CT molecular complexity index is 762. The van der Waals surface area contributed by atoms with Crippen molar-refractivity contribution < 1.29 is 28.9 Å². The molecule has 27 heavy (non-hydrogen) atoms. The standard InChI is InChI=1S/C20H23NO6/c1-3-25-18-13-15(19(22)21-14(2)20(23)24)9-10-17(18)27-12-11-26-16-7-5-4-6-8-16/h4-10,13-14H,3,11-12H2,1-2H3,(H,21,22)(H,23,24)/t14-/m1/s1. The maximum Gasteiger partial charge on any atom is 0.325 e. The summed E-state index contributed by atoms with van der Waals surface area (Å²) in [7, 11) is 0. The highest BCUT2D eigenvalue weighted by atomic mass is 16.5. The number of ether oxygens (including phenoxy) is 3. The first-order valence-corrected chi connectivity index (χ1v) is 8.62. The number of benzene rings is 2. The van der Waals surface area contributed by atoms with E-state index < -0.39 is 17.9 Å². The van der Waals surface area contributed by atoms with E-state index in [1.54, 1.807) is 12.1 Å². The number of carbonyl (C=O) groups is 2. The van der Waals surface area contributed by atoms with Gasteiger partial charge in [0, 0.05) is 5.56 Å². The summed E-state index contributed by atoms with van der Waals surface area (Å²) in [6, 6.07) is 13.1. The van der Waals surface area contributed by atoms with E-state index in [1.807, 2.05) is 37.3 Å². The molecule has 0 unspecified atom stereocenters. The van der Waals surface area contributed by atoms with Crippen LogP contribution < -0.4 is 19.5 Å². The third kappa shape index (κ3) is 6.22. The highest BCUT2D eigenvalue weighted by Crippen LogP contribution is 2.28. The first-order chi connectivity index (χ1) is 13.0. The quantitative estimate of drug-likeness (QED) is 0.622. The molecule has 0 aliphatic carbocycles. The van der Waals surface area contributed by atoms with E-state index in [0.29, 0.717) is 36.9 Å². The molecule has 0 aliphatic heterocycles. The normalized spacial score (nSPS) is 11.3. The zero-order valence-corrected chi connectivity index (χ0v) is 15.3. The number of hydrogen-bond acceptors (Lipinski definition) is 5. The number of aliphatic carboxylic acids is 1. The highest BCUT2D eigenvalue weighted by Gasteiger charge is 2.17. The second kappa shape index (κ2) is 10.1. The number of amides is 1. The van der Waals surface area contributed by atoms with Gasteiger partial charge in [0.05, 0.1) is 6.61 Å². The van der Waals surface area contributed by atoms with Crippen molar-refractivity contribution >= 4 is 11.9 Å². The number of carboxylic acid groups (broad SMARTS) is 1. The average molecular weight is 373 g/mol. The summed E-state index contributed by atoms with van der Waals surface area (Å²) in [5.41, 5.74) is 0.291. The maximum atomic E-state index is 12.2. The summed E-state index contributed by atoms with van der Waals surface area (Å²) >= 11 is 0. The number of nitrogens with one attached hydrogen (secondary N) is 1. The summed E-state index contributed by atoms with van der Waals surface area (Å²) in [6.07, 6.45) is 0. The second-order valence-corrected chi connectivity index (χ2v) is 5.64. The van der Waals surface area contributed by atoms with Crippen molar-refractivity contribution in [3.05, 3.63) is 54.1 Å². The number of para-hydroxylation sites is 1. The largest absolute Gasteiger partial charge is 0.490 e. The molecular formula is C20H23NO6. The first kappa shape index (κ1) is 20.1. The molecule has 7 heteroatoms. The molecule has 0 fully saturated rings. The lowest BCUT2D eigenvalue weighted by atomic mass is 10.1. The van der Waals surface area contributed by atoms with Crippen molar-refractivity contribution in [3.8, 4) is 17.2 Å². The van der Waals surface area contributed by atoms with Gasteiger partial charge in [-0.1, -0.05) is 18.2 Å². The first-order valence-electron chi connectivity index (χ1n) is 8.62. The van der Waals surface area contributed by atoms with E-state index in [2.05, 4.69) is 5.32 Å². The van der Waals surface area contributed by atoms with E-state index in [-0.39, 0.29) is 0 Å². The number of carboxylic acids is 1. The van der Waals surface area contributed by atoms with Gasteiger partial charge in [-0.2, -0.15) is 0 Å². The van der Waals surface area contributed by atoms with Gasteiger partial charge in [-0.15, -0.1) is 0 Å². The Balaban J connectivity index is 1.97. The molecule has 1 atom stereocenters. The van der Waals surface area contributed by atoms with Crippen molar-refractivity contribution in [1.29, 1.82) is 0 Å². The van der Waals surface area contributed by atoms with Gasteiger partial charge in [0.1, 0.15) is 25.0 Å². The molecule has 0 radical (unpaired) electrons. The Labute approximate surface area is 157 Å². The lowest BCUT2D eigenvalue weighted by molar-refractivity contribution is -0.138. The predicted molar refractivity (Wildman–Crippen MR) is 99.6 cm³/mol. The molecule has 0 saturated carbocycles. The lowest BCUT2D eigenvalue weighted by Gasteiger charge is -2.14. The summed E-state index contributed by atoms with van der Waals surface area (Å²) in [6.45, 7) is 4.27. The van der Waals surface area contributed by atoms with Crippen molar-refractivity contribution in [1.82, 2.24) is 5.32 Å². The number of carbonyl (C=O) groups excluding carboxylic acids is 1. The van der Waals surface area contributed by atoms with Crippen LogP contribution in [0, 0.1) is 0 Å². The van der Waals surface area contributed by atoms with Gasteiger partial charge in [-0.3, -0.25) is 9.59 Å². The molecule has 2 rings (SSSR count). The third-order valence-electron chi connectivity index (χ3n) is 3.58. The molecule has 0 aromatic heterocycles. The highest BCUT2D eigenvalue weighted by molar-refractivity contribution is 5.97. The molecule has 0 spiro atoms. The van der Waals surface area contributed by atoms with Crippen LogP contribution in [0.4, 0.5) is 0 Å². The van der Waals surface area contributed by atoms with E-state index in [0.717, 1.165) is 5.75 Å². The van der Waals surface area contributed by atoms with Crippen LogP contribution >= 0.6 is 0 Å². The van der Waals surface area contributed by atoms with Gasteiger partial charge in [0.15, 0.2) is 11.5 Å². The SMILES string of the molecule is CCOc1cc(C(=O)N[C@H](C)C(=O)O)ccc1OCCOc1ccccc1. The van der Waals surface area contributed by atoms with Crippen LogP contribution in [-0.2, 0) is 4.79 Å². The van der Waals surface area contributed by atoms with Crippen LogP contribution in [-0.4, -0.2) is 42.8 Å². The molecule has 2 aromatic carbocycles. The molecule has 2 N–H and O–H groups in total. The van der Waals surface area contributed by atoms with Gasteiger partial charge in [0.2, 0.25) is 0 Å². The van der Waals surface area contributed by atoms with Crippen LogP contribution in [0.15, 0.2) is 48.5 Å². The maximum absolute atomic E-state index is 12.2. The minimum atomic E-state index is -1.10. The molecule has 7 nitrogen and oxygen atoms in total. The minimum Gasteiger partial charge on any atom is -0.490 e. The van der Waals surface area contributed by atoms with Crippen LogP contribution in [0.1, 0.15) is 24.2 Å². The van der Waals surface area contributed by atoms with E-state index in [4.69, 9.17) is 19.3 Å². The predicted octanol–water partition coefficient (Wildman–Crippen LogP) is 2.75. The van der Waals surface area contributed by atoms with Gasteiger partial charge in [-0.05, 0) is 44.2 Å². The van der Waals surface area contributed by atoms with E-state index in [9.17, 15) is 9.59 Å². The fraction of sp³-hybridized carbons (Fsp3) is 0.300. The summed E-state index contributed by atoms with van der Waals surface area (Å²) < 4.78 is 16.8. The van der Waals surface area contributed by atoms with Crippen molar-refractivity contribution in [2.24, 2.45) is 0 Å². The molecule has 0 aliphatic rings. The van der Waals surface area contributed by atoms with Crippen molar-refractivity contribution in [2.45, 2.75) is 19.9 Å². The molecule has 2 aromatic rings. The van der Waals surface area contributed by atoms with Crippen LogP contribution in [0.5, 0.6) is 17.2 Å². The Kier molecular flexibility index (Phi) is 7.49. The monoisotopic (exact) mass is 373 g/mol. The fourth-order valence-electron chi connectivity index (χ4n) is 2.21. The third-order valence-corrected chi connectivity index (χ3v) is 3.58. The molecule has 144 valence electrons. The smallest absolute Gasteiger partial charge is 0.325 e. The fourth-order valence-corrected chi connectivity index (χ4v) is 2.21. The van der Waals surface area contributed by atoms with Crippen molar-refractivity contribution in [2.75, 3.05) is 19.8 Å². The summed E-state index contributed by atoms with van der Waals surface area (Å²) in [5.74, 6) is 0.0476. The Hall–Kier alpha value is -3.22. The molecule has 0 heterocycles. The van der Waals surface area contributed by atoms with Gasteiger partial charge < -0.3 is 24.6 Å². The van der Waals surface area contributed by atoms with Crippen molar-refractivity contribution in [3.63, 3.8) is 0 Å². The second-order valence-electron chi connectivity index (χ2n) is 5.64. The topological polar surface area (TPSA) is 94.1 Å². The minimum absolute atomic E-state index is 0.291. The Morgan fingerprint density at radius 3 is 2.37 bits per heavy atom. The van der Waals surface area contributed by atoms with Gasteiger partial charge in [-0.25, -0.2) is 0 Å². The zero-order valence-electron chi connectivity index (χ0n) is 15.3. The lowest BCUT2D eigenvalue weighted by Crippen LogP contribution is -2.38. The van der Waals surface area contributed by atoms with Crippen LogP contribution in [0.2, 0.25) is 0 Å². The summed E-state index contributed by atoms with van der Waals surface area (Å²) in [5, 5.41) is 11.3. The molecule has 0 bridgehead atoms. The van der Waals surface area contributed by atoms with E-state index >= 15 is 0 Å². The molecule has 1 amide bonds. The number of rotatable bonds is 10. The molecular weight excluding hydrogens is 350 g/mol. The van der Waals surface area contributed by atoms with Gasteiger partial charge >= 0.3 is 5.97 Å². The Morgan fingerprint density at radius 1 is 1.00 bits per heavy atom. The van der Waals surface area contributed by atoms with Crippen LogP contribution in [0.25, 0.3) is 0 Å². The van der Waals surface area contributed by atoms with Crippen LogP contribution in [0.3, 0.4) is 0 Å². The Morgan fingerprint density at radius 2 is 1.70 bits per heavy atom. The van der Waals surface area contributed by atoms with Gasteiger partial charge in [0.25, 0.3) is 5.91 Å². The zero-order chi connectivity index (χ0) is 19.6.